The molecular formula is C8H8O3. The highest BCUT2D eigenvalue weighted by Crippen LogP contribution is 2.32. The molecule has 11 heavy (non-hydrogen) atoms. The van der Waals surface area contributed by atoms with Crippen molar-refractivity contribution in [2.45, 2.75) is 12.8 Å². The molecular weight excluding hydrogens is 144 g/mol. The van der Waals surface area contributed by atoms with Gasteiger partial charge < -0.3 is 4.74 Å². The van der Waals surface area contributed by atoms with Crippen molar-refractivity contribution < 1.29 is 14.3 Å². The van der Waals surface area contributed by atoms with Gasteiger partial charge in [-0.15, -0.1) is 0 Å². The fourth-order valence-corrected chi connectivity index (χ4v) is 1.58. The highest BCUT2D eigenvalue weighted by molar-refractivity contribution is 5.97. The van der Waals surface area contributed by atoms with E-state index in [1.54, 1.807) is 6.08 Å². The Morgan fingerprint density at radius 1 is 1.36 bits per heavy atom. The van der Waals surface area contributed by atoms with Crippen molar-refractivity contribution in [1.82, 2.24) is 0 Å². The molecule has 0 saturated carbocycles. The van der Waals surface area contributed by atoms with Crippen LogP contribution in [0.3, 0.4) is 0 Å². The molecule has 2 rings (SSSR count). The summed E-state index contributed by atoms with van der Waals surface area (Å²) in [5.74, 6) is -1.19. The van der Waals surface area contributed by atoms with Crippen molar-refractivity contribution in [3.8, 4) is 0 Å². The van der Waals surface area contributed by atoms with E-state index in [9.17, 15) is 9.59 Å². The van der Waals surface area contributed by atoms with Gasteiger partial charge in [0.1, 0.15) is 0 Å². The molecule has 1 unspecified atom stereocenters. The largest absolute Gasteiger partial charge is 0.392 e. The third-order valence-electron chi connectivity index (χ3n) is 2.20. The van der Waals surface area contributed by atoms with Crippen LogP contribution in [0.15, 0.2) is 12.2 Å². The van der Waals surface area contributed by atoms with Crippen LogP contribution in [0.2, 0.25) is 0 Å². The molecule has 0 amide bonds. The topological polar surface area (TPSA) is 43.4 Å². The van der Waals surface area contributed by atoms with Gasteiger partial charge >= 0.3 is 11.9 Å². The number of carbonyl (C=O) groups excluding carboxylic acids is 2. The second kappa shape index (κ2) is 2.19. The van der Waals surface area contributed by atoms with Crippen LogP contribution in [-0.4, -0.2) is 11.9 Å². The van der Waals surface area contributed by atoms with Gasteiger partial charge in [0.15, 0.2) is 0 Å². The summed E-state index contributed by atoms with van der Waals surface area (Å²) in [6, 6.07) is 0. The second-order valence-electron chi connectivity index (χ2n) is 2.88. The van der Waals surface area contributed by atoms with Crippen molar-refractivity contribution in [1.29, 1.82) is 0 Å². The van der Waals surface area contributed by atoms with E-state index in [0.29, 0.717) is 0 Å². The standard InChI is InChI=1S/C8H8O3/c9-7-5-3-1-2-4-6(5)8(10)11-7/h1,3,5-6H,2,4H2/t5-,6?/m0/s1. The molecule has 0 aromatic carbocycles. The monoisotopic (exact) mass is 152 g/mol. The predicted molar refractivity (Wildman–Crippen MR) is 36.5 cm³/mol. The lowest BCUT2D eigenvalue weighted by Crippen LogP contribution is -2.17. The third-order valence-corrected chi connectivity index (χ3v) is 2.20. The number of esters is 2. The van der Waals surface area contributed by atoms with Gasteiger partial charge in [0.05, 0.1) is 11.8 Å². The number of hydrogen-bond donors (Lipinski definition) is 0. The Morgan fingerprint density at radius 3 is 2.91 bits per heavy atom. The minimum Gasteiger partial charge on any atom is -0.392 e. The summed E-state index contributed by atoms with van der Waals surface area (Å²) in [5.41, 5.74) is 0. The summed E-state index contributed by atoms with van der Waals surface area (Å²) in [4.78, 5) is 21.9. The van der Waals surface area contributed by atoms with Crippen LogP contribution >= 0.6 is 0 Å². The van der Waals surface area contributed by atoms with Crippen LogP contribution in [-0.2, 0) is 14.3 Å². The molecule has 1 heterocycles. The molecule has 58 valence electrons. The van der Waals surface area contributed by atoms with Crippen molar-refractivity contribution in [2.24, 2.45) is 11.8 Å². The highest BCUT2D eigenvalue weighted by Gasteiger charge is 2.43. The van der Waals surface area contributed by atoms with Crippen LogP contribution in [0.1, 0.15) is 12.8 Å². The number of ether oxygens (including phenoxy) is 1. The summed E-state index contributed by atoms with van der Waals surface area (Å²) in [5, 5.41) is 0. The minimum absolute atomic E-state index is 0.188. The number of cyclic esters (lactones) is 2. The molecule has 3 nitrogen and oxygen atoms in total. The summed E-state index contributed by atoms with van der Waals surface area (Å²) in [6.07, 6.45) is 5.34. The van der Waals surface area contributed by atoms with E-state index in [1.807, 2.05) is 6.08 Å². The Labute approximate surface area is 64.0 Å². The van der Waals surface area contributed by atoms with E-state index in [4.69, 9.17) is 0 Å². The van der Waals surface area contributed by atoms with E-state index >= 15 is 0 Å². The maximum atomic E-state index is 10.9. The third kappa shape index (κ3) is 0.878. The molecule has 0 aromatic rings. The Kier molecular flexibility index (Phi) is 1.31. The Morgan fingerprint density at radius 2 is 2.18 bits per heavy atom. The lowest BCUT2D eigenvalue weighted by atomic mass is 9.86. The molecule has 0 aromatic heterocycles. The van der Waals surface area contributed by atoms with Crippen molar-refractivity contribution in [3.05, 3.63) is 12.2 Å². The molecule has 0 spiro atoms. The van der Waals surface area contributed by atoms with Gasteiger partial charge in [-0.25, -0.2) is 0 Å². The second-order valence-corrected chi connectivity index (χ2v) is 2.88. The van der Waals surface area contributed by atoms with Crippen LogP contribution < -0.4 is 0 Å². The first kappa shape index (κ1) is 6.58. The molecule has 2 aliphatic rings. The van der Waals surface area contributed by atoms with Gasteiger partial charge in [-0.1, -0.05) is 12.2 Å². The summed E-state index contributed by atoms with van der Waals surface area (Å²) in [6.45, 7) is 0. The van der Waals surface area contributed by atoms with Crippen LogP contribution in [0.5, 0.6) is 0 Å². The molecule has 1 aliphatic carbocycles. The summed E-state index contributed by atoms with van der Waals surface area (Å²) < 4.78 is 4.48. The van der Waals surface area contributed by atoms with Gasteiger partial charge in [-0.2, -0.15) is 0 Å². The van der Waals surface area contributed by atoms with Gasteiger partial charge in [0.25, 0.3) is 0 Å². The molecule has 0 N–H and O–H groups in total. The number of allylic oxidation sites excluding steroid dienone is 1. The smallest absolute Gasteiger partial charge is 0.321 e. The summed E-state index contributed by atoms with van der Waals surface area (Å²) >= 11 is 0. The molecule has 1 fully saturated rings. The first-order valence-corrected chi connectivity index (χ1v) is 3.71. The molecule has 1 aliphatic heterocycles. The molecule has 0 radical (unpaired) electrons. The fraction of sp³-hybridized carbons (Fsp3) is 0.500. The maximum absolute atomic E-state index is 10.9. The van der Waals surface area contributed by atoms with Crippen LogP contribution in [0.4, 0.5) is 0 Å². The van der Waals surface area contributed by atoms with E-state index in [1.165, 1.54) is 0 Å². The van der Waals surface area contributed by atoms with E-state index in [-0.39, 0.29) is 23.8 Å². The first-order valence-electron chi connectivity index (χ1n) is 3.71. The van der Waals surface area contributed by atoms with Crippen molar-refractivity contribution in [2.75, 3.05) is 0 Å². The average molecular weight is 152 g/mol. The Balaban J connectivity index is 2.30. The number of rotatable bonds is 0. The Hall–Kier alpha value is -1.12. The molecule has 3 heteroatoms. The van der Waals surface area contributed by atoms with E-state index < -0.39 is 0 Å². The lowest BCUT2D eigenvalue weighted by Gasteiger charge is -2.12. The zero-order valence-corrected chi connectivity index (χ0v) is 5.95. The van der Waals surface area contributed by atoms with Gasteiger partial charge in [0, 0.05) is 0 Å². The van der Waals surface area contributed by atoms with E-state index in [2.05, 4.69) is 4.74 Å². The average Bonchev–Trinajstić information content (AvgIpc) is 2.30. The quantitative estimate of drug-likeness (QED) is 0.291. The lowest BCUT2D eigenvalue weighted by molar-refractivity contribution is -0.153. The number of carbonyl (C=O) groups is 2. The van der Waals surface area contributed by atoms with Gasteiger partial charge in [-0.05, 0) is 12.8 Å². The zero-order valence-electron chi connectivity index (χ0n) is 5.95. The molecule has 2 atom stereocenters. The van der Waals surface area contributed by atoms with Gasteiger partial charge in [-0.3, -0.25) is 9.59 Å². The van der Waals surface area contributed by atoms with Crippen molar-refractivity contribution in [3.63, 3.8) is 0 Å². The highest BCUT2D eigenvalue weighted by atomic mass is 16.6. The van der Waals surface area contributed by atoms with Crippen LogP contribution in [0, 0.1) is 11.8 Å². The minimum atomic E-state index is -0.379. The van der Waals surface area contributed by atoms with Crippen molar-refractivity contribution >= 4 is 11.9 Å². The normalized spacial score (nSPS) is 35.3. The SMILES string of the molecule is O=C1OC(=O)[C@H]2C=CCCC12. The fourth-order valence-electron chi connectivity index (χ4n) is 1.58. The Bertz CT molecular complexity index is 242. The predicted octanol–water partition coefficient (Wildman–Crippen LogP) is 0.652. The number of hydrogen-bond acceptors (Lipinski definition) is 3. The molecule has 1 saturated heterocycles. The molecule has 0 bridgehead atoms. The number of fused-ring (bicyclic) bond motifs is 1. The maximum Gasteiger partial charge on any atom is 0.321 e. The first-order chi connectivity index (χ1) is 5.29. The van der Waals surface area contributed by atoms with Gasteiger partial charge in [0.2, 0.25) is 0 Å². The zero-order chi connectivity index (χ0) is 7.84. The van der Waals surface area contributed by atoms with Crippen LogP contribution in [0.25, 0.3) is 0 Å². The van der Waals surface area contributed by atoms with E-state index in [0.717, 1.165) is 12.8 Å². The summed E-state index contributed by atoms with van der Waals surface area (Å²) in [7, 11) is 0.